The highest BCUT2D eigenvalue weighted by atomic mass is 16.4. The third kappa shape index (κ3) is 20.6. The summed E-state index contributed by atoms with van der Waals surface area (Å²) in [6.07, 6.45) is 3.41. The Bertz CT molecular complexity index is 2150. The lowest BCUT2D eigenvalue weighted by Gasteiger charge is -2.28. The van der Waals surface area contributed by atoms with Crippen molar-refractivity contribution >= 4 is 64.8 Å². The van der Waals surface area contributed by atoms with Gasteiger partial charge in [0.15, 0.2) is 0 Å². The Morgan fingerprint density at radius 1 is 0.627 bits per heavy atom. The van der Waals surface area contributed by atoms with Gasteiger partial charge in [-0.05, 0) is 98.7 Å². The number of carbonyl (C=O) groups excluding carboxylic acids is 6. The predicted molar refractivity (Wildman–Crippen MR) is 247 cm³/mol. The number of nitrogens with zero attached hydrogens (tertiary/aromatic N) is 1. The fraction of sp³-hybridized carbons (Fsp3) is 0.447. The number of carbonyl (C=O) groups is 9. The second kappa shape index (κ2) is 28.5. The number of urea groups is 1. The predicted octanol–water partition coefficient (Wildman–Crippen LogP) is 3.69. The number of para-hydroxylation sites is 1. The summed E-state index contributed by atoms with van der Waals surface area (Å²) in [4.78, 5) is 119. The van der Waals surface area contributed by atoms with E-state index in [1.54, 1.807) is 68.7 Å². The van der Waals surface area contributed by atoms with E-state index in [9.17, 15) is 53.4 Å². The molecule has 1 aromatic heterocycles. The van der Waals surface area contributed by atoms with Crippen molar-refractivity contribution in [2.24, 2.45) is 5.92 Å². The standard InChI is InChI=1S/C47H62N8O12/c1-4-29(2)42(45(64)53-37(46(65)66)15-9-16-40(58)59)55-44(63)36(22-24-41(60)61)52-43(62)35(14-7-8-26-49-38(56)23-19-32-12-10-25-48-28-32)51-39(57)27-31-17-20-33(21-18-31)50-47(67)54-34-13-6-5-11-30(34)3/h5-6,10-13,17-18,20-21,25,28-29,35-37,42H,4,7-9,14-16,19,22-24,26-27H2,1-3H3,(H,49,56)(H,51,57)(H,52,62)(H,53,64)(H,55,63)(H,58,59)(H,60,61)(H,65,66)(H2,50,54,67)/t29?,35-,36-,37-,42-/m0/s1. The van der Waals surface area contributed by atoms with Gasteiger partial charge in [0.05, 0.1) is 6.42 Å². The molecule has 0 aliphatic rings. The van der Waals surface area contributed by atoms with Crippen LogP contribution in [0.3, 0.4) is 0 Å². The van der Waals surface area contributed by atoms with Crippen molar-refractivity contribution in [2.75, 3.05) is 17.2 Å². The maximum Gasteiger partial charge on any atom is 0.326 e. The number of aryl methyl sites for hydroxylation is 2. The first-order valence-electron chi connectivity index (χ1n) is 22.2. The van der Waals surface area contributed by atoms with E-state index >= 15 is 0 Å². The molecule has 0 fully saturated rings. The molecule has 20 nitrogen and oxygen atoms in total. The molecule has 0 saturated carbocycles. The average Bonchev–Trinajstić information content (AvgIpc) is 3.29. The minimum atomic E-state index is -1.52. The van der Waals surface area contributed by atoms with Gasteiger partial charge in [0.2, 0.25) is 29.5 Å². The highest BCUT2D eigenvalue weighted by Crippen LogP contribution is 2.16. The van der Waals surface area contributed by atoms with Crippen molar-refractivity contribution < 1.29 is 58.5 Å². The van der Waals surface area contributed by atoms with Crippen molar-refractivity contribution in [1.82, 2.24) is 31.6 Å². The highest BCUT2D eigenvalue weighted by molar-refractivity contribution is 6.00. The van der Waals surface area contributed by atoms with Gasteiger partial charge in [-0.15, -0.1) is 0 Å². The number of unbranched alkanes of at least 4 members (excludes halogenated alkanes) is 1. The molecule has 5 atom stereocenters. The number of aliphatic carboxylic acids is 3. The van der Waals surface area contributed by atoms with Gasteiger partial charge >= 0.3 is 23.9 Å². The van der Waals surface area contributed by atoms with Crippen molar-refractivity contribution in [3.63, 3.8) is 0 Å². The van der Waals surface area contributed by atoms with Crippen LogP contribution in [0.2, 0.25) is 0 Å². The molecule has 2 aromatic carbocycles. The fourth-order valence-corrected chi connectivity index (χ4v) is 6.74. The Kier molecular flexibility index (Phi) is 23.0. The number of pyridine rings is 1. The summed E-state index contributed by atoms with van der Waals surface area (Å²) < 4.78 is 0. The van der Waals surface area contributed by atoms with Crippen LogP contribution in [-0.4, -0.2) is 104 Å². The number of aromatic nitrogens is 1. The van der Waals surface area contributed by atoms with Crippen LogP contribution in [0, 0.1) is 12.8 Å². The Hall–Kier alpha value is -7.38. The number of hydrogen-bond acceptors (Lipinski definition) is 10. The summed E-state index contributed by atoms with van der Waals surface area (Å²) in [5.41, 5.74) is 3.41. The summed E-state index contributed by atoms with van der Waals surface area (Å²) in [6.45, 7) is 5.47. The van der Waals surface area contributed by atoms with Crippen LogP contribution < -0.4 is 37.2 Å². The SMILES string of the molecule is CCC(C)[C@H](NC(=O)[C@H](CCC(=O)O)NC(=O)[C@H](CCCCNC(=O)CCc1cccnc1)NC(=O)Cc1ccc(NC(=O)Nc2ccccc2C)cc1)C(=O)N[C@@H](CCCC(=O)O)C(=O)O. The average molecular weight is 931 g/mol. The fourth-order valence-electron chi connectivity index (χ4n) is 6.74. The molecule has 0 bridgehead atoms. The first kappa shape index (κ1) is 54.0. The minimum Gasteiger partial charge on any atom is -0.481 e. The summed E-state index contributed by atoms with van der Waals surface area (Å²) in [7, 11) is 0. The summed E-state index contributed by atoms with van der Waals surface area (Å²) >= 11 is 0. The second-order valence-electron chi connectivity index (χ2n) is 16.1. The molecular formula is C47H62N8O12. The van der Waals surface area contributed by atoms with Gasteiger partial charge in [0, 0.05) is 49.6 Å². The smallest absolute Gasteiger partial charge is 0.326 e. The van der Waals surface area contributed by atoms with E-state index < -0.39 is 90.5 Å². The van der Waals surface area contributed by atoms with E-state index in [-0.39, 0.29) is 51.0 Å². The lowest BCUT2D eigenvalue weighted by Crippen LogP contribution is -2.59. The van der Waals surface area contributed by atoms with Crippen LogP contribution in [0.4, 0.5) is 16.2 Å². The molecule has 3 rings (SSSR count). The van der Waals surface area contributed by atoms with E-state index in [0.717, 1.165) is 11.1 Å². The van der Waals surface area contributed by atoms with Gasteiger partial charge in [-0.2, -0.15) is 0 Å². The molecule has 0 aliphatic heterocycles. The molecule has 3 aromatic rings. The maximum atomic E-state index is 14.0. The Morgan fingerprint density at radius 2 is 1.28 bits per heavy atom. The first-order chi connectivity index (χ1) is 31.9. The monoisotopic (exact) mass is 930 g/mol. The number of carboxylic acid groups (broad SMARTS) is 3. The minimum absolute atomic E-state index is 0.0470. The molecule has 67 heavy (non-hydrogen) atoms. The first-order valence-corrected chi connectivity index (χ1v) is 22.2. The number of nitrogens with one attached hydrogen (secondary N) is 7. The van der Waals surface area contributed by atoms with Crippen LogP contribution in [0.5, 0.6) is 0 Å². The molecule has 7 amide bonds. The van der Waals surface area contributed by atoms with Crippen LogP contribution in [0.25, 0.3) is 0 Å². The van der Waals surface area contributed by atoms with Crippen molar-refractivity contribution in [3.05, 3.63) is 89.7 Å². The normalized spacial score (nSPS) is 13.0. The quantitative estimate of drug-likeness (QED) is 0.0445. The van der Waals surface area contributed by atoms with Gasteiger partial charge in [-0.3, -0.25) is 38.5 Å². The van der Waals surface area contributed by atoms with E-state index in [4.69, 9.17) is 5.11 Å². The lowest BCUT2D eigenvalue weighted by atomic mass is 9.96. The second-order valence-corrected chi connectivity index (χ2v) is 16.1. The summed E-state index contributed by atoms with van der Waals surface area (Å²) in [5.74, 6) is -7.81. The van der Waals surface area contributed by atoms with E-state index in [1.165, 1.54) is 0 Å². The molecule has 1 heterocycles. The van der Waals surface area contributed by atoms with Crippen molar-refractivity contribution in [3.8, 4) is 0 Å². The molecule has 0 radical (unpaired) electrons. The topological polar surface area (TPSA) is 311 Å². The Morgan fingerprint density at radius 3 is 1.93 bits per heavy atom. The number of amides is 7. The van der Waals surface area contributed by atoms with Gasteiger partial charge in [-0.25, -0.2) is 9.59 Å². The van der Waals surface area contributed by atoms with Gasteiger partial charge in [0.25, 0.3) is 0 Å². The Balaban J connectivity index is 1.74. The number of benzene rings is 2. The molecule has 1 unspecified atom stereocenters. The van der Waals surface area contributed by atoms with Crippen molar-refractivity contribution in [1.29, 1.82) is 0 Å². The third-order valence-corrected chi connectivity index (χ3v) is 10.8. The lowest BCUT2D eigenvalue weighted by molar-refractivity contribution is -0.143. The van der Waals surface area contributed by atoms with Crippen LogP contribution in [0.15, 0.2) is 73.1 Å². The zero-order valence-corrected chi connectivity index (χ0v) is 38.0. The molecular weight excluding hydrogens is 869 g/mol. The van der Waals surface area contributed by atoms with E-state index in [0.29, 0.717) is 42.6 Å². The molecule has 0 saturated heterocycles. The molecule has 20 heteroatoms. The highest BCUT2D eigenvalue weighted by Gasteiger charge is 2.33. The van der Waals surface area contributed by atoms with Gasteiger partial charge < -0.3 is 52.5 Å². The maximum absolute atomic E-state index is 14.0. The van der Waals surface area contributed by atoms with Crippen LogP contribution in [0.1, 0.15) is 94.7 Å². The molecule has 0 spiro atoms. The van der Waals surface area contributed by atoms with Crippen LogP contribution in [-0.2, 0) is 51.2 Å². The molecule has 10 N–H and O–H groups in total. The largest absolute Gasteiger partial charge is 0.481 e. The zero-order valence-electron chi connectivity index (χ0n) is 38.0. The number of rotatable bonds is 29. The van der Waals surface area contributed by atoms with E-state index in [1.807, 2.05) is 25.1 Å². The van der Waals surface area contributed by atoms with Gasteiger partial charge in [0.1, 0.15) is 24.2 Å². The zero-order chi connectivity index (χ0) is 49.3. The summed E-state index contributed by atoms with van der Waals surface area (Å²) in [6, 6.07) is 11.4. The number of carboxylic acids is 3. The number of hydrogen-bond donors (Lipinski definition) is 10. The number of anilines is 2. The molecule has 362 valence electrons. The summed E-state index contributed by atoms with van der Waals surface area (Å²) in [5, 5.41) is 46.7. The Labute approximate surface area is 388 Å². The van der Waals surface area contributed by atoms with E-state index in [2.05, 4.69) is 42.2 Å². The van der Waals surface area contributed by atoms with Crippen LogP contribution >= 0.6 is 0 Å². The van der Waals surface area contributed by atoms with Crippen molar-refractivity contribution in [2.45, 2.75) is 122 Å². The molecule has 0 aliphatic carbocycles. The third-order valence-electron chi connectivity index (χ3n) is 10.8. The van der Waals surface area contributed by atoms with Gasteiger partial charge in [-0.1, -0.05) is 56.7 Å².